The standard InChI is InChI=1S/C11H24N/c1-5-8-12(4)9-10(2)6-7-11(12)3/h10-11H,5-9H2,1-4H3/q+1. The molecule has 0 radical (unpaired) electrons. The summed E-state index contributed by atoms with van der Waals surface area (Å²) in [4.78, 5) is 0. The highest BCUT2D eigenvalue weighted by Gasteiger charge is 2.34. The minimum absolute atomic E-state index is 0.890. The third-order valence-electron chi connectivity index (χ3n) is 3.60. The topological polar surface area (TPSA) is 0 Å². The molecule has 0 aliphatic carbocycles. The van der Waals surface area contributed by atoms with Crippen molar-refractivity contribution in [2.24, 2.45) is 5.92 Å². The van der Waals surface area contributed by atoms with E-state index in [1.165, 1.54) is 36.8 Å². The highest BCUT2D eigenvalue weighted by atomic mass is 15.4. The molecule has 0 N–H and O–H groups in total. The van der Waals surface area contributed by atoms with Gasteiger partial charge in [0.1, 0.15) is 0 Å². The van der Waals surface area contributed by atoms with Crippen LogP contribution in [-0.2, 0) is 0 Å². The maximum atomic E-state index is 2.43. The molecule has 0 aromatic rings. The van der Waals surface area contributed by atoms with Gasteiger partial charge in [0.25, 0.3) is 0 Å². The Labute approximate surface area is 77.4 Å². The predicted molar refractivity (Wildman–Crippen MR) is 54.1 cm³/mol. The molecule has 12 heavy (non-hydrogen) atoms. The smallest absolute Gasteiger partial charge is 0.0859 e. The van der Waals surface area contributed by atoms with E-state index in [0.29, 0.717) is 0 Å². The van der Waals surface area contributed by atoms with Crippen molar-refractivity contribution in [1.29, 1.82) is 0 Å². The first-order valence-electron chi connectivity index (χ1n) is 5.42. The lowest BCUT2D eigenvalue weighted by Crippen LogP contribution is -2.56. The van der Waals surface area contributed by atoms with Crippen LogP contribution in [0.1, 0.15) is 40.0 Å². The maximum Gasteiger partial charge on any atom is 0.0859 e. The van der Waals surface area contributed by atoms with E-state index in [-0.39, 0.29) is 0 Å². The van der Waals surface area contributed by atoms with Gasteiger partial charge in [-0.15, -0.1) is 0 Å². The van der Waals surface area contributed by atoms with Gasteiger partial charge in [-0.05, 0) is 26.2 Å². The van der Waals surface area contributed by atoms with Gasteiger partial charge in [0.15, 0.2) is 0 Å². The molecule has 1 heteroatoms. The van der Waals surface area contributed by atoms with Crippen molar-refractivity contribution in [1.82, 2.24) is 0 Å². The summed E-state index contributed by atoms with van der Waals surface area (Å²) in [6.07, 6.45) is 4.20. The van der Waals surface area contributed by atoms with Crippen molar-refractivity contribution in [2.75, 3.05) is 20.1 Å². The van der Waals surface area contributed by atoms with Crippen molar-refractivity contribution >= 4 is 0 Å². The molecule has 1 rings (SSSR count). The number of quaternary nitrogens is 1. The summed E-state index contributed by atoms with van der Waals surface area (Å²) in [6.45, 7) is 9.88. The lowest BCUT2D eigenvalue weighted by Gasteiger charge is -2.45. The van der Waals surface area contributed by atoms with Crippen LogP contribution < -0.4 is 0 Å². The van der Waals surface area contributed by atoms with Gasteiger partial charge >= 0.3 is 0 Å². The second-order valence-electron chi connectivity index (χ2n) is 4.92. The molecular formula is C11H24N+. The van der Waals surface area contributed by atoms with E-state index in [1.54, 1.807) is 0 Å². The van der Waals surface area contributed by atoms with Crippen LogP contribution >= 0.6 is 0 Å². The van der Waals surface area contributed by atoms with Crippen LogP contribution in [0, 0.1) is 5.92 Å². The monoisotopic (exact) mass is 170 g/mol. The summed E-state index contributed by atoms with van der Waals surface area (Å²) in [5.41, 5.74) is 0. The van der Waals surface area contributed by atoms with E-state index in [1.807, 2.05) is 0 Å². The zero-order valence-electron chi connectivity index (χ0n) is 9.14. The van der Waals surface area contributed by atoms with Crippen molar-refractivity contribution in [3.05, 3.63) is 0 Å². The van der Waals surface area contributed by atoms with Gasteiger partial charge in [-0.2, -0.15) is 0 Å². The summed E-state index contributed by atoms with van der Waals surface area (Å²) in [6, 6.07) is 0.890. The highest BCUT2D eigenvalue weighted by molar-refractivity contribution is 4.65. The Morgan fingerprint density at radius 2 is 1.92 bits per heavy atom. The van der Waals surface area contributed by atoms with Crippen LogP contribution in [0.2, 0.25) is 0 Å². The van der Waals surface area contributed by atoms with Gasteiger partial charge in [-0.3, -0.25) is 0 Å². The fourth-order valence-electron chi connectivity index (χ4n) is 2.64. The molecule has 3 unspecified atom stereocenters. The van der Waals surface area contributed by atoms with Gasteiger partial charge in [-0.1, -0.05) is 13.8 Å². The molecule has 1 aliphatic heterocycles. The normalized spacial score (nSPS) is 43.0. The van der Waals surface area contributed by atoms with Crippen LogP contribution in [0.25, 0.3) is 0 Å². The number of piperidine rings is 1. The molecule has 0 aromatic carbocycles. The molecule has 1 heterocycles. The van der Waals surface area contributed by atoms with E-state index >= 15 is 0 Å². The third kappa shape index (κ3) is 2.01. The van der Waals surface area contributed by atoms with E-state index in [0.717, 1.165) is 12.0 Å². The van der Waals surface area contributed by atoms with E-state index in [4.69, 9.17) is 0 Å². The van der Waals surface area contributed by atoms with Crippen molar-refractivity contribution in [2.45, 2.75) is 46.1 Å². The van der Waals surface area contributed by atoms with Gasteiger partial charge in [0.2, 0.25) is 0 Å². The molecule has 0 spiro atoms. The zero-order valence-corrected chi connectivity index (χ0v) is 9.14. The van der Waals surface area contributed by atoms with Gasteiger partial charge in [-0.25, -0.2) is 0 Å². The second-order valence-corrected chi connectivity index (χ2v) is 4.92. The molecule has 72 valence electrons. The highest BCUT2D eigenvalue weighted by Crippen LogP contribution is 2.27. The van der Waals surface area contributed by atoms with Gasteiger partial charge < -0.3 is 4.48 Å². The minimum Gasteiger partial charge on any atom is -0.324 e. The largest absolute Gasteiger partial charge is 0.324 e. The van der Waals surface area contributed by atoms with Crippen LogP contribution in [0.15, 0.2) is 0 Å². The average molecular weight is 170 g/mol. The fourth-order valence-corrected chi connectivity index (χ4v) is 2.64. The molecule has 1 saturated heterocycles. The summed E-state index contributed by atoms with van der Waals surface area (Å²) < 4.78 is 1.32. The molecule has 1 fully saturated rings. The Bertz CT molecular complexity index is 144. The van der Waals surface area contributed by atoms with E-state index in [9.17, 15) is 0 Å². The van der Waals surface area contributed by atoms with Crippen molar-refractivity contribution < 1.29 is 4.48 Å². The lowest BCUT2D eigenvalue weighted by atomic mass is 9.92. The molecule has 0 aromatic heterocycles. The van der Waals surface area contributed by atoms with Gasteiger partial charge in [0.05, 0.1) is 26.2 Å². The number of likely N-dealkylation sites (tertiary alicyclic amines) is 1. The zero-order chi connectivity index (χ0) is 9.19. The van der Waals surface area contributed by atoms with Crippen LogP contribution in [0.5, 0.6) is 0 Å². The summed E-state index contributed by atoms with van der Waals surface area (Å²) in [5.74, 6) is 0.942. The first-order valence-corrected chi connectivity index (χ1v) is 5.42. The molecule has 0 amide bonds. The summed E-state index contributed by atoms with van der Waals surface area (Å²) in [5, 5.41) is 0. The van der Waals surface area contributed by atoms with Crippen LogP contribution in [0.3, 0.4) is 0 Å². The molecular weight excluding hydrogens is 146 g/mol. The Hall–Kier alpha value is -0.0400. The number of nitrogens with zero attached hydrogens (tertiary/aromatic N) is 1. The van der Waals surface area contributed by atoms with Crippen LogP contribution in [0.4, 0.5) is 0 Å². The first-order chi connectivity index (χ1) is 5.58. The number of hydrogen-bond donors (Lipinski definition) is 0. The molecule has 1 nitrogen and oxygen atoms in total. The number of rotatable bonds is 2. The molecule has 0 saturated carbocycles. The lowest BCUT2D eigenvalue weighted by molar-refractivity contribution is -0.939. The molecule has 0 bridgehead atoms. The third-order valence-corrected chi connectivity index (χ3v) is 3.60. The van der Waals surface area contributed by atoms with Gasteiger partial charge in [0, 0.05) is 5.92 Å². The van der Waals surface area contributed by atoms with Crippen molar-refractivity contribution in [3.8, 4) is 0 Å². The van der Waals surface area contributed by atoms with Crippen molar-refractivity contribution in [3.63, 3.8) is 0 Å². The number of hydrogen-bond acceptors (Lipinski definition) is 0. The first kappa shape index (κ1) is 10.0. The molecule has 3 atom stereocenters. The summed E-state index contributed by atoms with van der Waals surface area (Å²) >= 11 is 0. The quantitative estimate of drug-likeness (QED) is 0.559. The average Bonchev–Trinajstić information content (AvgIpc) is 1.98. The fraction of sp³-hybridized carbons (Fsp3) is 1.00. The van der Waals surface area contributed by atoms with Crippen LogP contribution in [-0.4, -0.2) is 30.7 Å². The predicted octanol–water partition coefficient (Wildman–Crippen LogP) is 2.66. The van der Waals surface area contributed by atoms with E-state index < -0.39 is 0 Å². The Kier molecular flexibility index (Phi) is 3.16. The second kappa shape index (κ2) is 3.78. The SMILES string of the molecule is CCC[N+]1(C)CC(C)CCC1C. The molecule has 1 aliphatic rings. The van der Waals surface area contributed by atoms with E-state index in [2.05, 4.69) is 27.8 Å². The Balaban J connectivity index is 2.57. The maximum absolute atomic E-state index is 2.43. The minimum atomic E-state index is 0.890. The summed E-state index contributed by atoms with van der Waals surface area (Å²) in [7, 11) is 2.43. The Morgan fingerprint density at radius 1 is 1.25 bits per heavy atom. The Morgan fingerprint density at radius 3 is 2.50 bits per heavy atom.